The second kappa shape index (κ2) is 7.64. The second-order valence-electron chi connectivity index (χ2n) is 6.16. The fraction of sp³-hybridized carbons (Fsp3) is 0.250. The van der Waals surface area contributed by atoms with Gasteiger partial charge in [-0.3, -0.25) is 4.79 Å². The molecule has 2 aromatic rings. The Kier molecular flexibility index (Phi) is 5.46. The summed E-state index contributed by atoms with van der Waals surface area (Å²) >= 11 is 6.23. The minimum atomic E-state index is -4.45. The molecule has 27 heavy (non-hydrogen) atoms. The van der Waals surface area contributed by atoms with Gasteiger partial charge < -0.3 is 9.47 Å². The maximum Gasteiger partial charge on any atom is 0.416 e. The van der Waals surface area contributed by atoms with Gasteiger partial charge in [-0.15, -0.1) is 0 Å². The SMILES string of the molecule is Cc1ccc(COc2ccc3c(c2)OCCC(C=O)=C3Cl)c(C(F)(F)F)c1. The number of rotatable bonds is 4. The zero-order chi connectivity index (χ0) is 19.6. The summed E-state index contributed by atoms with van der Waals surface area (Å²) in [7, 11) is 0. The Morgan fingerprint density at radius 3 is 2.70 bits per heavy atom. The third-order valence-corrected chi connectivity index (χ3v) is 4.65. The monoisotopic (exact) mass is 396 g/mol. The fourth-order valence-corrected chi connectivity index (χ4v) is 3.09. The topological polar surface area (TPSA) is 35.5 Å². The molecule has 142 valence electrons. The number of carbonyl (C=O) groups excluding carboxylic acids is 1. The molecule has 0 saturated heterocycles. The number of hydrogen-bond donors (Lipinski definition) is 0. The van der Waals surface area contributed by atoms with Crippen LogP contribution in [0.2, 0.25) is 0 Å². The number of alkyl halides is 3. The normalized spacial score (nSPS) is 14.3. The predicted molar refractivity (Wildman–Crippen MR) is 95.9 cm³/mol. The van der Waals surface area contributed by atoms with E-state index in [1.165, 1.54) is 6.07 Å². The van der Waals surface area contributed by atoms with Crippen molar-refractivity contribution in [2.75, 3.05) is 6.61 Å². The Hall–Kier alpha value is -2.47. The van der Waals surface area contributed by atoms with Gasteiger partial charge >= 0.3 is 6.18 Å². The molecule has 7 heteroatoms. The lowest BCUT2D eigenvalue weighted by molar-refractivity contribution is -0.138. The minimum Gasteiger partial charge on any atom is -0.492 e. The molecular formula is C20H16ClF3O3. The lowest BCUT2D eigenvalue weighted by Crippen LogP contribution is -2.11. The summed E-state index contributed by atoms with van der Waals surface area (Å²) in [6.45, 7) is 1.64. The Labute approximate surface area is 159 Å². The van der Waals surface area contributed by atoms with Crippen molar-refractivity contribution >= 4 is 22.9 Å². The Bertz CT molecular complexity index is 904. The average molecular weight is 397 g/mol. The van der Waals surface area contributed by atoms with Crippen molar-refractivity contribution in [2.45, 2.75) is 26.1 Å². The molecule has 0 amide bonds. The van der Waals surface area contributed by atoms with E-state index in [2.05, 4.69) is 0 Å². The van der Waals surface area contributed by atoms with Gasteiger partial charge in [-0.1, -0.05) is 29.3 Å². The van der Waals surface area contributed by atoms with Gasteiger partial charge in [0.1, 0.15) is 24.4 Å². The first-order chi connectivity index (χ1) is 12.8. The molecule has 1 heterocycles. The molecule has 0 saturated carbocycles. The lowest BCUT2D eigenvalue weighted by atomic mass is 10.0. The van der Waals surface area contributed by atoms with Gasteiger partial charge in [0.15, 0.2) is 0 Å². The van der Waals surface area contributed by atoms with E-state index in [-0.39, 0.29) is 18.8 Å². The first kappa shape index (κ1) is 19.3. The number of aldehydes is 1. The van der Waals surface area contributed by atoms with Crippen molar-refractivity contribution in [2.24, 2.45) is 0 Å². The number of hydrogen-bond acceptors (Lipinski definition) is 3. The fourth-order valence-electron chi connectivity index (χ4n) is 2.80. The van der Waals surface area contributed by atoms with Crippen LogP contribution in [0, 0.1) is 6.92 Å². The molecule has 0 N–H and O–H groups in total. The molecule has 1 aliphatic rings. The van der Waals surface area contributed by atoms with E-state index in [1.807, 2.05) is 0 Å². The average Bonchev–Trinajstić information content (AvgIpc) is 2.78. The third-order valence-electron chi connectivity index (χ3n) is 4.21. The smallest absolute Gasteiger partial charge is 0.416 e. The molecule has 0 bridgehead atoms. The Morgan fingerprint density at radius 1 is 1.22 bits per heavy atom. The molecule has 0 unspecified atom stereocenters. The van der Waals surface area contributed by atoms with E-state index in [0.717, 1.165) is 6.07 Å². The molecule has 0 aliphatic carbocycles. The van der Waals surface area contributed by atoms with Crippen LogP contribution < -0.4 is 9.47 Å². The maximum absolute atomic E-state index is 13.2. The minimum absolute atomic E-state index is 0.0464. The first-order valence-corrected chi connectivity index (χ1v) is 8.58. The van der Waals surface area contributed by atoms with Crippen LogP contribution in [0.1, 0.15) is 28.7 Å². The summed E-state index contributed by atoms with van der Waals surface area (Å²) in [6.07, 6.45) is -3.38. The predicted octanol–water partition coefficient (Wildman–Crippen LogP) is 5.52. The quantitative estimate of drug-likeness (QED) is 0.638. The van der Waals surface area contributed by atoms with Crippen molar-refractivity contribution in [3.05, 3.63) is 64.2 Å². The Morgan fingerprint density at radius 2 is 2.00 bits per heavy atom. The largest absolute Gasteiger partial charge is 0.492 e. The van der Waals surface area contributed by atoms with Crippen LogP contribution in [-0.4, -0.2) is 12.9 Å². The van der Waals surface area contributed by atoms with E-state index >= 15 is 0 Å². The molecule has 2 aromatic carbocycles. The summed E-state index contributed by atoms with van der Waals surface area (Å²) in [6, 6.07) is 8.90. The van der Waals surface area contributed by atoms with Crippen LogP contribution in [0.4, 0.5) is 13.2 Å². The van der Waals surface area contributed by atoms with Gasteiger partial charge in [0.2, 0.25) is 0 Å². The zero-order valence-electron chi connectivity index (χ0n) is 14.4. The van der Waals surface area contributed by atoms with E-state index < -0.39 is 11.7 Å². The van der Waals surface area contributed by atoms with E-state index in [0.29, 0.717) is 45.9 Å². The molecule has 0 spiro atoms. The highest BCUT2D eigenvalue weighted by Crippen LogP contribution is 2.37. The van der Waals surface area contributed by atoms with Crippen LogP contribution >= 0.6 is 11.6 Å². The molecule has 0 atom stereocenters. The summed E-state index contributed by atoms with van der Waals surface area (Å²) in [5.41, 5.74) is 0.852. The Balaban J connectivity index is 1.84. The van der Waals surface area contributed by atoms with Crippen LogP contribution in [0.15, 0.2) is 42.0 Å². The molecule has 0 radical (unpaired) electrons. The molecule has 1 aliphatic heterocycles. The van der Waals surface area contributed by atoms with Gasteiger partial charge in [0.25, 0.3) is 0 Å². The zero-order valence-corrected chi connectivity index (χ0v) is 15.2. The molecular weight excluding hydrogens is 381 g/mol. The first-order valence-electron chi connectivity index (χ1n) is 8.20. The van der Waals surface area contributed by atoms with Gasteiger partial charge in [0.05, 0.1) is 17.2 Å². The van der Waals surface area contributed by atoms with Crippen molar-refractivity contribution < 1.29 is 27.4 Å². The van der Waals surface area contributed by atoms with Crippen molar-refractivity contribution in [3.8, 4) is 11.5 Å². The highest BCUT2D eigenvalue weighted by Gasteiger charge is 2.33. The number of aryl methyl sites for hydroxylation is 1. The number of ether oxygens (including phenoxy) is 2. The summed E-state index contributed by atoms with van der Waals surface area (Å²) in [5.74, 6) is 0.774. The van der Waals surface area contributed by atoms with Gasteiger partial charge in [-0.05, 0) is 25.1 Å². The van der Waals surface area contributed by atoms with E-state index in [1.54, 1.807) is 31.2 Å². The van der Waals surface area contributed by atoms with Gasteiger partial charge in [-0.25, -0.2) is 0 Å². The molecule has 0 aromatic heterocycles. The van der Waals surface area contributed by atoms with Crippen molar-refractivity contribution in [1.29, 1.82) is 0 Å². The number of fused-ring (bicyclic) bond motifs is 1. The van der Waals surface area contributed by atoms with Crippen LogP contribution in [0.3, 0.4) is 0 Å². The highest BCUT2D eigenvalue weighted by atomic mass is 35.5. The second-order valence-corrected chi connectivity index (χ2v) is 6.54. The number of halogens is 4. The molecule has 3 rings (SSSR count). The van der Waals surface area contributed by atoms with Crippen LogP contribution in [-0.2, 0) is 17.6 Å². The summed E-state index contributed by atoms with van der Waals surface area (Å²) in [4.78, 5) is 11.1. The lowest BCUT2D eigenvalue weighted by Gasteiger charge is -2.15. The van der Waals surface area contributed by atoms with Crippen molar-refractivity contribution in [1.82, 2.24) is 0 Å². The third kappa shape index (κ3) is 4.27. The summed E-state index contributed by atoms with van der Waals surface area (Å²) < 4.78 is 50.8. The van der Waals surface area contributed by atoms with Crippen molar-refractivity contribution in [3.63, 3.8) is 0 Å². The standard InChI is InChI=1S/C20H16ClF3O3/c1-12-2-3-14(17(8-12)20(22,23)24)11-27-15-4-5-16-18(9-15)26-7-6-13(10-25)19(16)21/h2-5,8-10H,6-7,11H2,1H3. The summed E-state index contributed by atoms with van der Waals surface area (Å²) in [5, 5.41) is 0.307. The molecule has 3 nitrogen and oxygen atoms in total. The van der Waals surface area contributed by atoms with Crippen LogP contribution in [0.25, 0.3) is 5.03 Å². The van der Waals surface area contributed by atoms with Gasteiger partial charge in [-0.2, -0.15) is 13.2 Å². The molecule has 0 fully saturated rings. The van der Waals surface area contributed by atoms with E-state index in [9.17, 15) is 18.0 Å². The van der Waals surface area contributed by atoms with Gasteiger partial charge in [0, 0.05) is 29.2 Å². The highest BCUT2D eigenvalue weighted by molar-refractivity contribution is 6.50. The maximum atomic E-state index is 13.2. The van der Waals surface area contributed by atoms with Crippen LogP contribution in [0.5, 0.6) is 11.5 Å². The number of carbonyl (C=O) groups is 1. The van der Waals surface area contributed by atoms with E-state index in [4.69, 9.17) is 21.1 Å². The number of benzene rings is 2.